The molecule has 6 heteroatoms. The Bertz CT molecular complexity index is 907. The second kappa shape index (κ2) is 8.23. The summed E-state index contributed by atoms with van der Waals surface area (Å²) in [6, 6.07) is 14.2. The van der Waals surface area contributed by atoms with Crippen molar-refractivity contribution in [1.29, 1.82) is 0 Å². The lowest BCUT2D eigenvalue weighted by Gasteiger charge is -2.23. The van der Waals surface area contributed by atoms with E-state index in [0.29, 0.717) is 12.1 Å². The van der Waals surface area contributed by atoms with Crippen molar-refractivity contribution in [2.24, 2.45) is 0 Å². The molecule has 0 spiro atoms. The monoisotopic (exact) mass is 386 g/mol. The smallest absolute Gasteiger partial charge is 0.258 e. The number of sulfonamides is 1. The first kappa shape index (κ1) is 19.6. The number of anilines is 1. The van der Waals surface area contributed by atoms with Crippen molar-refractivity contribution >= 4 is 21.6 Å². The van der Waals surface area contributed by atoms with Crippen molar-refractivity contribution < 1.29 is 13.2 Å². The zero-order valence-corrected chi connectivity index (χ0v) is 16.6. The van der Waals surface area contributed by atoms with E-state index in [1.807, 2.05) is 31.2 Å². The van der Waals surface area contributed by atoms with Crippen LogP contribution in [0.3, 0.4) is 0 Å². The summed E-state index contributed by atoms with van der Waals surface area (Å²) in [6.45, 7) is 4.53. The van der Waals surface area contributed by atoms with Crippen LogP contribution < -0.4 is 9.62 Å². The first-order valence-electron chi connectivity index (χ1n) is 9.45. The zero-order valence-electron chi connectivity index (χ0n) is 15.8. The average molecular weight is 387 g/mol. The lowest BCUT2D eigenvalue weighted by Crippen LogP contribution is -2.35. The van der Waals surface area contributed by atoms with Crippen molar-refractivity contribution in [3.05, 3.63) is 59.7 Å². The molecule has 1 unspecified atom stereocenters. The van der Waals surface area contributed by atoms with Crippen LogP contribution >= 0.6 is 0 Å². The fourth-order valence-electron chi connectivity index (χ4n) is 3.46. The molecule has 5 nitrogen and oxygen atoms in total. The van der Waals surface area contributed by atoms with Gasteiger partial charge in [-0.2, -0.15) is 0 Å². The van der Waals surface area contributed by atoms with Crippen LogP contribution in [0.2, 0.25) is 0 Å². The van der Waals surface area contributed by atoms with Crippen LogP contribution in [0, 0.1) is 0 Å². The molecular weight excluding hydrogens is 360 g/mol. The molecule has 27 heavy (non-hydrogen) atoms. The molecule has 0 bridgehead atoms. The third-order valence-corrected chi connectivity index (χ3v) is 6.39. The molecule has 2 aromatic rings. The predicted octanol–water partition coefficient (Wildman–Crippen LogP) is 3.75. The molecule has 2 aromatic carbocycles. The Morgan fingerprint density at radius 2 is 1.81 bits per heavy atom. The molecule has 1 atom stereocenters. The SMILES string of the molecule is CCCCCNS(=O)(=O)c1ccc(C(=O)N2c3ccccc3CC2C)cc1. The molecule has 1 N–H and O–H groups in total. The summed E-state index contributed by atoms with van der Waals surface area (Å²) in [4.78, 5) is 15.0. The van der Waals surface area contributed by atoms with Gasteiger partial charge in [0.1, 0.15) is 0 Å². The van der Waals surface area contributed by atoms with E-state index < -0.39 is 10.0 Å². The number of nitrogens with one attached hydrogen (secondary N) is 1. The molecule has 1 heterocycles. The summed E-state index contributed by atoms with van der Waals surface area (Å²) in [7, 11) is -3.54. The maximum atomic E-state index is 13.0. The van der Waals surface area contributed by atoms with Crippen LogP contribution in [0.5, 0.6) is 0 Å². The molecule has 1 aliphatic rings. The lowest BCUT2D eigenvalue weighted by molar-refractivity contribution is 0.0981. The van der Waals surface area contributed by atoms with Crippen molar-refractivity contribution in [3.8, 4) is 0 Å². The molecule has 3 rings (SSSR count). The Balaban J connectivity index is 1.75. The van der Waals surface area contributed by atoms with Gasteiger partial charge in [0, 0.05) is 23.8 Å². The van der Waals surface area contributed by atoms with E-state index in [-0.39, 0.29) is 16.8 Å². The number of carbonyl (C=O) groups excluding carboxylic acids is 1. The van der Waals surface area contributed by atoms with Crippen molar-refractivity contribution in [1.82, 2.24) is 4.72 Å². The second-order valence-electron chi connectivity index (χ2n) is 6.99. The zero-order chi connectivity index (χ0) is 19.4. The van der Waals surface area contributed by atoms with Gasteiger partial charge in [0.25, 0.3) is 5.91 Å². The van der Waals surface area contributed by atoms with E-state index in [1.54, 1.807) is 17.0 Å². The maximum Gasteiger partial charge on any atom is 0.258 e. The van der Waals surface area contributed by atoms with Gasteiger partial charge in [0.2, 0.25) is 10.0 Å². The Hall–Kier alpha value is -2.18. The minimum Gasteiger partial charge on any atom is -0.305 e. The van der Waals surface area contributed by atoms with Crippen molar-refractivity contribution in [2.45, 2.75) is 50.5 Å². The molecule has 144 valence electrons. The van der Waals surface area contributed by atoms with Crippen LogP contribution in [-0.2, 0) is 16.4 Å². The van der Waals surface area contributed by atoms with Crippen LogP contribution in [0.4, 0.5) is 5.69 Å². The summed E-state index contributed by atoms with van der Waals surface area (Å²) >= 11 is 0. The normalized spacial score (nSPS) is 16.4. The van der Waals surface area contributed by atoms with E-state index in [4.69, 9.17) is 0 Å². The first-order chi connectivity index (χ1) is 12.9. The van der Waals surface area contributed by atoms with Crippen molar-refractivity contribution in [3.63, 3.8) is 0 Å². The van der Waals surface area contributed by atoms with Gasteiger partial charge in [0.05, 0.1) is 4.90 Å². The Kier molecular flexibility index (Phi) is 5.97. The first-order valence-corrected chi connectivity index (χ1v) is 10.9. The minimum absolute atomic E-state index is 0.0820. The van der Waals surface area contributed by atoms with Crippen LogP contribution in [0.1, 0.15) is 49.0 Å². The van der Waals surface area contributed by atoms with Gasteiger partial charge in [-0.05, 0) is 55.7 Å². The topological polar surface area (TPSA) is 66.5 Å². The third kappa shape index (κ3) is 4.22. The number of amides is 1. The highest BCUT2D eigenvalue weighted by atomic mass is 32.2. The number of fused-ring (bicyclic) bond motifs is 1. The summed E-state index contributed by atoms with van der Waals surface area (Å²) < 4.78 is 27.3. The number of hydrogen-bond donors (Lipinski definition) is 1. The average Bonchev–Trinajstić information content (AvgIpc) is 3.00. The second-order valence-corrected chi connectivity index (χ2v) is 8.75. The summed E-state index contributed by atoms with van der Waals surface area (Å²) in [5, 5.41) is 0. The van der Waals surface area contributed by atoms with Gasteiger partial charge in [-0.1, -0.05) is 38.0 Å². The molecular formula is C21H26N2O3S. The van der Waals surface area contributed by atoms with Gasteiger partial charge in [-0.15, -0.1) is 0 Å². The highest BCUT2D eigenvalue weighted by Gasteiger charge is 2.31. The van der Waals surface area contributed by atoms with E-state index in [2.05, 4.69) is 11.6 Å². The Morgan fingerprint density at radius 3 is 2.52 bits per heavy atom. The van der Waals surface area contributed by atoms with E-state index in [0.717, 1.165) is 36.9 Å². The standard InChI is InChI=1S/C21H26N2O3S/c1-3-4-7-14-22-27(25,26)19-12-10-17(11-13-19)21(24)23-16(2)15-18-8-5-6-9-20(18)23/h5-6,8-13,16,22H,3-4,7,14-15H2,1-2H3. The lowest BCUT2D eigenvalue weighted by atomic mass is 10.1. The van der Waals surface area contributed by atoms with Crippen LogP contribution in [0.15, 0.2) is 53.4 Å². The Morgan fingerprint density at radius 1 is 1.11 bits per heavy atom. The Labute approximate surface area is 161 Å². The predicted molar refractivity (Wildman–Crippen MR) is 108 cm³/mol. The van der Waals surface area contributed by atoms with Crippen LogP contribution in [0.25, 0.3) is 0 Å². The number of carbonyl (C=O) groups is 1. The van der Waals surface area contributed by atoms with Gasteiger partial charge >= 0.3 is 0 Å². The third-order valence-electron chi connectivity index (χ3n) is 4.91. The molecule has 0 aromatic heterocycles. The molecule has 1 amide bonds. The van der Waals surface area contributed by atoms with Gasteiger partial charge in [-0.3, -0.25) is 4.79 Å². The molecule has 0 aliphatic carbocycles. The summed E-state index contributed by atoms with van der Waals surface area (Å²) in [6.07, 6.45) is 3.68. The number of rotatable bonds is 7. The van der Waals surface area contributed by atoms with E-state index >= 15 is 0 Å². The van der Waals surface area contributed by atoms with Crippen molar-refractivity contribution in [2.75, 3.05) is 11.4 Å². The molecule has 0 radical (unpaired) electrons. The maximum absolute atomic E-state index is 13.0. The fourth-order valence-corrected chi connectivity index (χ4v) is 4.53. The number of unbranched alkanes of at least 4 members (excludes halogenated alkanes) is 2. The van der Waals surface area contributed by atoms with E-state index in [1.165, 1.54) is 12.1 Å². The van der Waals surface area contributed by atoms with Gasteiger partial charge in [-0.25, -0.2) is 13.1 Å². The van der Waals surface area contributed by atoms with Gasteiger partial charge in [0.15, 0.2) is 0 Å². The highest BCUT2D eigenvalue weighted by molar-refractivity contribution is 7.89. The quantitative estimate of drug-likeness (QED) is 0.737. The minimum atomic E-state index is -3.54. The number of para-hydroxylation sites is 1. The number of benzene rings is 2. The summed E-state index contributed by atoms with van der Waals surface area (Å²) in [5.74, 6) is -0.104. The number of nitrogens with zero attached hydrogens (tertiary/aromatic N) is 1. The molecule has 1 aliphatic heterocycles. The fraction of sp³-hybridized carbons (Fsp3) is 0.381. The highest BCUT2D eigenvalue weighted by Crippen LogP contribution is 2.33. The molecule has 0 saturated heterocycles. The number of hydrogen-bond acceptors (Lipinski definition) is 3. The molecule has 0 saturated carbocycles. The summed E-state index contributed by atoms with van der Waals surface area (Å²) in [5.41, 5.74) is 2.58. The molecule has 0 fully saturated rings. The largest absolute Gasteiger partial charge is 0.305 e. The van der Waals surface area contributed by atoms with Crippen LogP contribution in [-0.4, -0.2) is 26.9 Å². The van der Waals surface area contributed by atoms with E-state index in [9.17, 15) is 13.2 Å². The van der Waals surface area contributed by atoms with Gasteiger partial charge < -0.3 is 4.90 Å².